The van der Waals surface area contributed by atoms with Crippen molar-refractivity contribution in [2.75, 3.05) is 7.11 Å². The fourth-order valence-corrected chi connectivity index (χ4v) is 3.64. The van der Waals surface area contributed by atoms with Gasteiger partial charge >= 0.3 is 5.97 Å². The first-order chi connectivity index (χ1) is 9.08. The average Bonchev–Trinajstić information content (AvgIpc) is 2.99. The predicted molar refractivity (Wildman–Crippen MR) is 72.3 cm³/mol. The maximum Gasteiger partial charge on any atom is 0.311 e. The molecule has 2 fully saturated rings. The maximum absolute atomic E-state index is 12.1. The summed E-state index contributed by atoms with van der Waals surface area (Å²) in [5.74, 6) is 0.454. The van der Waals surface area contributed by atoms with E-state index in [2.05, 4.69) is 5.32 Å². The van der Waals surface area contributed by atoms with Crippen LogP contribution in [0.2, 0.25) is 0 Å². The molecule has 4 heteroatoms. The molecule has 0 aromatic heterocycles. The van der Waals surface area contributed by atoms with Crippen molar-refractivity contribution >= 4 is 11.9 Å². The summed E-state index contributed by atoms with van der Waals surface area (Å²) >= 11 is 0. The molecule has 4 nitrogen and oxygen atoms in total. The lowest BCUT2D eigenvalue weighted by molar-refractivity contribution is -0.148. The third-order valence-electron chi connectivity index (χ3n) is 4.56. The largest absolute Gasteiger partial charge is 0.469 e. The molecule has 2 saturated carbocycles. The van der Waals surface area contributed by atoms with Crippen LogP contribution in [0.3, 0.4) is 0 Å². The fraction of sp³-hybridized carbons (Fsp3) is 0.733. The molecule has 2 aliphatic rings. The second-order valence-corrected chi connectivity index (χ2v) is 5.68. The SMILES string of the molecule is CC/C=C(\C)C(=O)N[C@@H]1[C@H]2CC[C@@H](C2)[C@H]1C(=O)OC. The summed E-state index contributed by atoms with van der Waals surface area (Å²) in [6.07, 6.45) is 5.99. The molecule has 0 radical (unpaired) electrons. The van der Waals surface area contributed by atoms with Crippen molar-refractivity contribution < 1.29 is 14.3 Å². The number of carbonyl (C=O) groups excluding carboxylic acids is 2. The minimum absolute atomic E-state index is 0.0427. The third kappa shape index (κ3) is 2.67. The van der Waals surface area contributed by atoms with Crippen molar-refractivity contribution in [3.63, 3.8) is 0 Å². The number of amides is 1. The first-order valence-corrected chi connectivity index (χ1v) is 7.13. The lowest BCUT2D eigenvalue weighted by atomic mass is 9.84. The van der Waals surface area contributed by atoms with E-state index in [0.29, 0.717) is 11.8 Å². The molecule has 0 heterocycles. The van der Waals surface area contributed by atoms with Crippen LogP contribution in [0.15, 0.2) is 11.6 Å². The van der Waals surface area contributed by atoms with Gasteiger partial charge in [-0.05, 0) is 44.4 Å². The molecule has 0 spiro atoms. The standard InChI is InChI=1S/C15H23NO3/c1-4-5-9(2)14(17)16-13-11-7-6-10(8-11)12(13)15(18)19-3/h5,10-13H,4,6-8H2,1-3H3,(H,16,17)/b9-5+/t10-,11-,12+,13+/m0/s1. The summed E-state index contributed by atoms with van der Waals surface area (Å²) in [6.45, 7) is 3.82. The second kappa shape index (κ2) is 5.76. The lowest BCUT2D eigenvalue weighted by Gasteiger charge is -2.29. The van der Waals surface area contributed by atoms with Gasteiger partial charge in [0.1, 0.15) is 0 Å². The molecule has 2 rings (SSSR count). The molecule has 19 heavy (non-hydrogen) atoms. The van der Waals surface area contributed by atoms with Gasteiger partial charge in [0.15, 0.2) is 0 Å². The summed E-state index contributed by atoms with van der Waals surface area (Å²) in [5, 5.41) is 3.05. The zero-order chi connectivity index (χ0) is 14.0. The number of hydrogen-bond acceptors (Lipinski definition) is 3. The fourth-order valence-electron chi connectivity index (χ4n) is 3.64. The molecule has 0 saturated heterocycles. The minimum Gasteiger partial charge on any atom is -0.469 e. The molecule has 2 bridgehead atoms. The van der Waals surface area contributed by atoms with Gasteiger partial charge in [-0.25, -0.2) is 0 Å². The van der Waals surface area contributed by atoms with E-state index in [4.69, 9.17) is 4.74 Å². The van der Waals surface area contributed by atoms with E-state index in [0.717, 1.165) is 31.3 Å². The van der Waals surface area contributed by atoms with Crippen molar-refractivity contribution in [3.8, 4) is 0 Å². The number of methoxy groups -OCH3 is 1. The van der Waals surface area contributed by atoms with Gasteiger partial charge in [0.25, 0.3) is 0 Å². The van der Waals surface area contributed by atoms with Gasteiger partial charge in [-0.3, -0.25) is 9.59 Å². The summed E-state index contributed by atoms with van der Waals surface area (Å²) in [5.41, 5.74) is 0.730. The molecule has 0 unspecified atom stereocenters. The Hall–Kier alpha value is -1.32. The van der Waals surface area contributed by atoms with Crippen LogP contribution in [0, 0.1) is 17.8 Å². The van der Waals surface area contributed by atoms with Crippen LogP contribution in [0.4, 0.5) is 0 Å². The highest BCUT2D eigenvalue weighted by Gasteiger charge is 2.51. The van der Waals surface area contributed by atoms with Crippen LogP contribution in [-0.4, -0.2) is 25.0 Å². The van der Waals surface area contributed by atoms with E-state index in [1.165, 1.54) is 7.11 Å². The highest BCUT2D eigenvalue weighted by atomic mass is 16.5. The zero-order valence-electron chi connectivity index (χ0n) is 11.9. The number of ether oxygens (including phenoxy) is 1. The van der Waals surface area contributed by atoms with Crippen molar-refractivity contribution in [1.82, 2.24) is 5.32 Å². The number of nitrogens with one attached hydrogen (secondary N) is 1. The highest BCUT2D eigenvalue weighted by molar-refractivity contribution is 5.93. The van der Waals surface area contributed by atoms with E-state index in [1.807, 2.05) is 19.9 Å². The number of rotatable bonds is 4. The van der Waals surface area contributed by atoms with Crippen LogP contribution in [0.25, 0.3) is 0 Å². The lowest BCUT2D eigenvalue weighted by Crippen LogP contribution is -2.47. The maximum atomic E-state index is 12.1. The van der Waals surface area contributed by atoms with Gasteiger partial charge in [0.2, 0.25) is 5.91 Å². The molecule has 4 atom stereocenters. The van der Waals surface area contributed by atoms with E-state index in [-0.39, 0.29) is 23.8 Å². The quantitative estimate of drug-likeness (QED) is 0.625. The molecule has 2 aliphatic carbocycles. The van der Waals surface area contributed by atoms with Crippen molar-refractivity contribution in [2.45, 2.75) is 45.6 Å². The monoisotopic (exact) mass is 265 g/mol. The van der Waals surface area contributed by atoms with Crippen molar-refractivity contribution in [3.05, 3.63) is 11.6 Å². The molecule has 0 aliphatic heterocycles. The van der Waals surface area contributed by atoms with Crippen LogP contribution in [0.1, 0.15) is 39.5 Å². The van der Waals surface area contributed by atoms with Gasteiger partial charge in [-0.15, -0.1) is 0 Å². The van der Waals surface area contributed by atoms with Crippen LogP contribution >= 0.6 is 0 Å². The van der Waals surface area contributed by atoms with E-state index in [1.54, 1.807) is 0 Å². The smallest absolute Gasteiger partial charge is 0.311 e. The normalized spacial score (nSPS) is 33.3. The Morgan fingerprint density at radius 2 is 2.00 bits per heavy atom. The van der Waals surface area contributed by atoms with Gasteiger partial charge in [0, 0.05) is 11.6 Å². The van der Waals surface area contributed by atoms with Crippen LogP contribution in [0.5, 0.6) is 0 Å². The third-order valence-corrected chi connectivity index (χ3v) is 4.56. The number of fused-ring (bicyclic) bond motifs is 2. The summed E-state index contributed by atoms with van der Waals surface area (Å²) in [7, 11) is 1.43. The van der Waals surface area contributed by atoms with E-state index >= 15 is 0 Å². The number of esters is 1. The second-order valence-electron chi connectivity index (χ2n) is 5.68. The Morgan fingerprint density at radius 1 is 1.32 bits per heavy atom. The number of hydrogen-bond donors (Lipinski definition) is 1. The van der Waals surface area contributed by atoms with E-state index < -0.39 is 0 Å². The average molecular weight is 265 g/mol. The summed E-state index contributed by atoms with van der Waals surface area (Å²) in [4.78, 5) is 24.0. The summed E-state index contributed by atoms with van der Waals surface area (Å²) < 4.78 is 4.90. The van der Waals surface area contributed by atoms with Crippen molar-refractivity contribution in [2.24, 2.45) is 17.8 Å². The Morgan fingerprint density at radius 3 is 2.63 bits per heavy atom. The number of carbonyl (C=O) groups is 2. The predicted octanol–water partition coefficient (Wildman–Crippen LogP) is 2.05. The molecule has 106 valence electrons. The first kappa shape index (κ1) is 14.1. The molecular weight excluding hydrogens is 242 g/mol. The minimum atomic E-state index is -0.172. The number of allylic oxidation sites excluding steroid dienone is 1. The van der Waals surface area contributed by atoms with Gasteiger partial charge < -0.3 is 10.1 Å². The van der Waals surface area contributed by atoms with Crippen molar-refractivity contribution in [1.29, 1.82) is 0 Å². The van der Waals surface area contributed by atoms with Crippen LogP contribution < -0.4 is 5.32 Å². The topological polar surface area (TPSA) is 55.4 Å². The molecular formula is C15H23NO3. The van der Waals surface area contributed by atoms with Gasteiger partial charge in [-0.2, -0.15) is 0 Å². The Bertz CT molecular complexity index is 402. The molecule has 0 aromatic carbocycles. The van der Waals surface area contributed by atoms with Crippen LogP contribution in [-0.2, 0) is 14.3 Å². The zero-order valence-corrected chi connectivity index (χ0v) is 11.9. The first-order valence-electron chi connectivity index (χ1n) is 7.13. The molecule has 1 amide bonds. The molecule has 1 N–H and O–H groups in total. The van der Waals surface area contributed by atoms with Gasteiger partial charge in [-0.1, -0.05) is 13.0 Å². The Labute approximate surface area is 114 Å². The summed E-state index contributed by atoms with van der Waals surface area (Å²) in [6, 6.07) is -0.0427. The van der Waals surface area contributed by atoms with Gasteiger partial charge in [0.05, 0.1) is 13.0 Å². The Kier molecular flexibility index (Phi) is 4.27. The highest BCUT2D eigenvalue weighted by Crippen LogP contribution is 2.48. The molecule has 0 aromatic rings. The van der Waals surface area contributed by atoms with E-state index in [9.17, 15) is 9.59 Å². The Balaban J connectivity index is 2.07.